The van der Waals surface area contributed by atoms with Crippen LogP contribution in [0.1, 0.15) is 37.9 Å². The van der Waals surface area contributed by atoms with Gasteiger partial charge in [-0.3, -0.25) is 0 Å². The monoisotopic (exact) mass is 324 g/mol. The van der Waals surface area contributed by atoms with E-state index in [0.29, 0.717) is 6.61 Å². The summed E-state index contributed by atoms with van der Waals surface area (Å²) in [6.45, 7) is 11.8. The lowest BCUT2D eigenvalue weighted by Gasteiger charge is -2.18. The van der Waals surface area contributed by atoms with Crippen LogP contribution in [0.5, 0.6) is 5.75 Å². The van der Waals surface area contributed by atoms with Crippen molar-refractivity contribution in [3.63, 3.8) is 0 Å². The molecule has 0 fully saturated rings. The predicted molar refractivity (Wildman–Crippen MR) is 95.0 cm³/mol. The van der Waals surface area contributed by atoms with E-state index in [0.717, 1.165) is 40.3 Å². The zero-order valence-electron chi connectivity index (χ0n) is 15.0. The molecule has 0 N–H and O–H groups in total. The maximum absolute atomic E-state index is 6.01. The SMILES string of the molecule is Cc1ccc2cccc(OCc3nnn(CC(C)(C)C)c3C)c2n1. The van der Waals surface area contributed by atoms with Crippen LogP contribution in [0.3, 0.4) is 0 Å². The van der Waals surface area contributed by atoms with Crippen LogP contribution in [0, 0.1) is 19.3 Å². The molecule has 126 valence electrons. The van der Waals surface area contributed by atoms with E-state index in [2.05, 4.69) is 42.1 Å². The van der Waals surface area contributed by atoms with Crippen LogP contribution in [-0.2, 0) is 13.2 Å². The average molecular weight is 324 g/mol. The molecule has 0 amide bonds. The molecule has 0 saturated heterocycles. The number of pyridine rings is 1. The fourth-order valence-corrected chi connectivity index (χ4v) is 2.61. The third-order valence-corrected chi connectivity index (χ3v) is 3.89. The van der Waals surface area contributed by atoms with E-state index >= 15 is 0 Å². The van der Waals surface area contributed by atoms with Crippen LogP contribution in [0.15, 0.2) is 30.3 Å². The lowest BCUT2D eigenvalue weighted by molar-refractivity contribution is 0.302. The molecule has 2 heterocycles. The number of aryl methyl sites for hydroxylation is 1. The van der Waals surface area contributed by atoms with Gasteiger partial charge in [0.15, 0.2) is 0 Å². The zero-order chi connectivity index (χ0) is 17.3. The molecule has 0 aliphatic rings. The van der Waals surface area contributed by atoms with Gasteiger partial charge in [0.05, 0.1) is 5.69 Å². The lowest BCUT2D eigenvalue weighted by atomic mass is 9.97. The summed E-state index contributed by atoms with van der Waals surface area (Å²) in [7, 11) is 0. The van der Waals surface area contributed by atoms with Crippen LogP contribution >= 0.6 is 0 Å². The topological polar surface area (TPSA) is 52.8 Å². The summed E-state index contributed by atoms with van der Waals surface area (Å²) in [5, 5.41) is 9.62. The van der Waals surface area contributed by atoms with Crippen LogP contribution in [0.2, 0.25) is 0 Å². The molecule has 2 aromatic heterocycles. The van der Waals surface area contributed by atoms with Crippen molar-refractivity contribution in [3.8, 4) is 5.75 Å². The Labute approximate surface area is 142 Å². The molecule has 0 aliphatic heterocycles. The van der Waals surface area contributed by atoms with Gasteiger partial charge < -0.3 is 4.74 Å². The summed E-state index contributed by atoms with van der Waals surface area (Å²) >= 11 is 0. The Morgan fingerprint density at radius 2 is 1.88 bits per heavy atom. The first-order chi connectivity index (χ1) is 11.3. The number of nitrogens with zero attached hydrogens (tertiary/aromatic N) is 4. The first kappa shape index (κ1) is 16.4. The second-order valence-electron chi connectivity index (χ2n) is 7.41. The number of hydrogen-bond acceptors (Lipinski definition) is 4. The van der Waals surface area contributed by atoms with Gasteiger partial charge in [-0.2, -0.15) is 0 Å². The number of benzene rings is 1. The second kappa shape index (κ2) is 6.23. The van der Waals surface area contributed by atoms with Gasteiger partial charge in [-0.05, 0) is 31.4 Å². The lowest BCUT2D eigenvalue weighted by Crippen LogP contribution is -2.17. The minimum atomic E-state index is 0.160. The zero-order valence-corrected chi connectivity index (χ0v) is 15.0. The standard InChI is InChI=1S/C19H24N4O/c1-13-9-10-15-7-6-8-17(18(15)20-13)24-11-16-14(2)23(22-21-16)12-19(3,4)5/h6-10H,11-12H2,1-5H3. The summed E-state index contributed by atoms with van der Waals surface area (Å²) in [6, 6.07) is 10.0. The van der Waals surface area contributed by atoms with Crippen LogP contribution < -0.4 is 4.74 Å². The van der Waals surface area contributed by atoms with Crippen molar-refractivity contribution in [2.45, 2.75) is 47.8 Å². The van der Waals surface area contributed by atoms with Crippen LogP contribution in [0.25, 0.3) is 10.9 Å². The molecule has 0 atom stereocenters. The third kappa shape index (κ3) is 3.55. The van der Waals surface area contributed by atoms with Crippen LogP contribution in [-0.4, -0.2) is 20.0 Å². The van der Waals surface area contributed by atoms with Gasteiger partial charge in [0.1, 0.15) is 23.6 Å². The second-order valence-corrected chi connectivity index (χ2v) is 7.41. The van der Waals surface area contributed by atoms with E-state index in [1.54, 1.807) is 0 Å². The van der Waals surface area contributed by atoms with Gasteiger partial charge >= 0.3 is 0 Å². The number of ether oxygens (including phenoxy) is 1. The van der Waals surface area contributed by atoms with Crippen molar-refractivity contribution in [1.29, 1.82) is 0 Å². The van der Waals surface area contributed by atoms with E-state index < -0.39 is 0 Å². The van der Waals surface area contributed by atoms with E-state index in [1.807, 2.05) is 42.8 Å². The van der Waals surface area contributed by atoms with E-state index in [4.69, 9.17) is 4.74 Å². The molecule has 0 aliphatic carbocycles. The Morgan fingerprint density at radius 3 is 2.62 bits per heavy atom. The Morgan fingerprint density at radius 1 is 1.08 bits per heavy atom. The van der Waals surface area contributed by atoms with E-state index in [9.17, 15) is 0 Å². The van der Waals surface area contributed by atoms with E-state index in [-0.39, 0.29) is 5.41 Å². The minimum Gasteiger partial charge on any atom is -0.485 e. The maximum atomic E-state index is 6.01. The molecule has 24 heavy (non-hydrogen) atoms. The summed E-state index contributed by atoms with van der Waals surface area (Å²) < 4.78 is 7.95. The highest BCUT2D eigenvalue weighted by Crippen LogP contribution is 2.25. The molecule has 0 unspecified atom stereocenters. The maximum Gasteiger partial charge on any atom is 0.146 e. The molecule has 3 rings (SSSR count). The number of para-hydroxylation sites is 1. The Balaban J connectivity index is 1.81. The molecule has 0 radical (unpaired) electrons. The average Bonchev–Trinajstić information content (AvgIpc) is 2.84. The summed E-state index contributed by atoms with van der Waals surface area (Å²) in [5.74, 6) is 0.779. The highest BCUT2D eigenvalue weighted by atomic mass is 16.5. The fraction of sp³-hybridized carbons (Fsp3) is 0.421. The van der Waals surface area contributed by atoms with Gasteiger partial charge in [-0.25, -0.2) is 9.67 Å². The molecule has 0 spiro atoms. The Bertz CT molecular complexity index is 861. The summed E-state index contributed by atoms with van der Waals surface area (Å²) in [5.41, 5.74) is 3.94. The number of hydrogen-bond donors (Lipinski definition) is 0. The number of rotatable bonds is 4. The molecular formula is C19H24N4O. The largest absolute Gasteiger partial charge is 0.485 e. The van der Waals surface area contributed by atoms with Gasteiger partial charge in [0.2, 0.25) is 0 Å². The molecule has 0 saturated carbocycles. The van der Waals surface area contributed by atoms with Crippen molar-refractivity contribution in [2.24, 2.45) is 5.41 Å². The van der Waals surface area contributed by atoms with Gasteiger partial charge in [-0.1, -0.05) is 44.2 Å². The Hall–Kier alpha value is -2.43. The first-order valence-corrected chi connectivity index (χ1v) is 8.22. The smallest absolute Gasteiger partial charge is 0.146 e. The number of fused-ring (bicyclic) bond motifs is 1. The van der Waals surface area contributed by atoms with Crippen molar-refractivity contribution < 1.29 is 4.74 Å². The quantitative estimate of drug-likeness (QED) is 0.726. The third-order valence-electron chi connectivity index (χ3n) is 3.89. The van der Waals surface area contributed by atoms with Gasteiger partial charge in [-0.15, -0.1) is 5.10 Å². The predicted octanol–water partition coefficient (Wildman–Crippen LogP) is 4.07. The van der Waals surface area contributed by atoms with Crippen molar-refractivity contribution in [3.05, 3.63) is 47.4 Å². The normalized spacial score (nSPS) is 11.9. The summed E-state index contributed by atoms with van der Waals surface area (Å²) in [4.78, 5) is 4.60. The van der Waals surface area contributed by atoms with Crippen molar-refractivity contribution in [1.82, 2.24) is 20.0 Å². The first-order valence-electron chi connectivity index (χ1n) is 8.22. The van der Waals surface area contributed by atoms with Crippen molar-refractivity contribution in [2.75, 3.05) is 0 Å². The molecule has 5 nitrogen and oxygen atoms in total. The Kier molecular flexibility index (Phi) is 4.26. The number of aromatic nitrogens is 4. The molecule has 0 bridgehead atoms. The summed E-state index contributed by atoms with van der Waals surface area (Å²) in [6.07, 6.45) is 0. The molecule has 1 aromatic carbocycles. The fourth-order valence-electron chi connectivity index (χ4n) is 2.61. The molecular weight excluding hydrogens is 300 g/mol. The minimum absolute atomic E-state index is 0.160. The van der Waals surface area contributed by atoms with Gasteiger partial charge in [0.25, 0.3) is 0 Å². The highest BCUT2D eigenvalue weighted by Gasteiger charge is 2.16. The van der Waals surface area contributed by atoms with E-state index in [1.165, 1.54) is 0 Å². The molecule has 5 heteroatoms. The molecule has 3 aromatic rings. The highest BCUT2D eigenvalue weighted by molar-refractivity contribution is 5.84. The van der Waals surface area contributed by atoms with Crippen LogP contribution in [0.4, 0.5) is 0 Å². The van der Waals surface area contributed by atoms with Crippen molar-refractivity contribution >= 4 is 10.9 Å². The van der Waals surface area contributed by atoms with Gasteiger partial charge in [0, 0.05) is 17.6 Å².